The summed E-state index contributed by atoms with van der Waals surface area (Å²) < 4.78 is 0. The van der Waals surface area contributed by atoms with E-state index in [9.17, 15) is 9.59 Å². The summed E-state index contributed by atoms with van der Waals surface area (Å²) in [5.74, 6) is -0.0989. The Morgan fingerprint density at radius 3 is 2.90 bits per heavy atom. The number of hydrogen-bond donors (Lipinski definition) is 1. The second kappa shape index (κ2) is 5.32. The molecule has 1 saturated heterocycles. The Bertz CT molecular complexity index is 540. The number of pyridine rings is 1. The van der Waals surface area contributed by atoms with Gasteiger partial charge in [-0.25, -0.2) is 0 Å². The molecule has 1 N–H and O–H groups in total. The third-order valence-corrected chi connectivity index (χ3v) is 3.98. The van der Waals surface area contributed by atoms with Crippen LogP contribution in [0, 0.1) is 0 Å². The van der Waals surface area contributed by atoms with Crippen LogP contribution in [0.25, 0.3) is 0 Å². The Kier molecular flexibility index (Phi) is 3.53. The highest BCUT2D eigenvalue weighted by Gasteiger charge is 2.45. The van der Waals surface area contributed by atoms with Crippen LogP contribution in [0.2, 0.25) is 0 Å². The van der Waals surface area contributed by atoms with Crippen LogP contribution in [0.15, 0.2) is 18.3 Å². The number of aromatic nitrogens is 1. The molecule has 1 atom stereocenters. The van der Waals surface area contributed by atoms with Crippen molar-refractivity contribution in [3.05, 3.63) is 29.6 Å². The number of carbonyl (C=O) groups excluding carboxylic acids is 2. The van der Waals surface area contributed by atoms with E-state index in [1.165, 1.54) is 10.5 Å². The minimum absolute atomic E-state index is 0.0354. The smallest absolute Gasteiger partial charge is 0.247 e. The lowest BCUT2D eigenvalue weighted by atomic mass is 10.1. The van der Waals surface area contributed by atoms with E-state index in [4.69, 9.17) is 0 Å². The molecule has 1 aromatic rings. The van der Waals surface area contributed by atoms with Crippen molar-refractivity contribution < 1.29 is 9.59 Å². The van der Waals surface area contributed by atoms with Gasteiger partial charge in [0.25, 0.3) is 0 Å². The zero-order valence-corrected chi connectivity index (χ0v) is 11.6. The molecule has 2 fully saturated rings. The highest BCUT2D eigenvalue weighted by atomic mass is 16.2. The van der Waals surface area contributed by atoms with E-state index in [0.717, 1.165) is 25.0 Å². The van der Waals surface area contributed by atoms with E-state index in [-0.39, 0.29) is 30.3 Å². The van der Waals surface area contributed by atoms with Gasteiger partial charge >= 0.3 is 0 Å². The Labute approximate surface area is 118 Å². The zero-order chi connectivity index (χ0) is 14.1. The molecule has 0 bridgehead atoms. The number of likely N-dealkylation sites (tertiary alicyclic amines) is 1. The van der Waals surface area contributed by atoms with E-state index in [2.05, 4.69) is 17.2 Å². The standard InChI is InChI=1S/C15H19N3O2/c1-2-10-4-3-7-16-13(10)9-17-12-8-14(19)18(15(12)20)11-5-6-11/h3-4,7,11-12,17H,2,5-6,8-9H2,1H3. The first-order valence-corrected chi connectivity index (χ1v) is 7.22. The maximum atomic E-state index is 12.2. The molecule has 0 aromatic carbocycles. The summed E-state index contributed by atoms with van der Waals surface area (Å²) in [7, 11) is 0. The van der Waals surface area contributed by atoms with Crippen LogP contribution >= 0.6 is 0 Å². The predicted molar refractivity (Wildman–Crippen MR) is 73.7 cm³/mol. The van der Waals surface area contributed by atoms with Crippen molar-refractivity contribution in [2.75, 3.05) is 0 Å². The van der Waals surface area contributed by atoms with Crippen molar-refractivity contribution >= 4 is 11.8 Å². The average molecular weight is 273 g/mol. The molecule has 106 valence electrons. The quantitative estimate of drug-likeness (QED) is 0.814. The minimum Gasteiger partial charge on any atom is -0.300 e. The highest BCUT2D eigenvalue weighted by molar-refractivity contribution is 6.06. The molecular weight excluding hydrogens is 254 g/mol. The number of imide groups is 1. The normalized spacial score (nSPS) is 22.6. The van der Waals surface area contributed by atoms with Crippen molar-refractivity contribution in [3.63, 3.8) is 0 Å². The van der Waals surface area contributed by atoms with Crippen molar-refractivity contribution in [1.29, 1.82) is 0 Å². The molecule has 5 heteroatoms. The number of hydrogen-bond acceptors (Lipinski definition) is 4. The lowest BCUT2D eigenvalue weighted by Gasteiger charge is -2.15. The maximum absolute atomic E-state index is 12.2. The minimum atomic E-state index is -0.380. The Balaban J connectivity index is 1.64. The molecule has 1 saturated carbocycles. The summed E-state index contributed by atoms with van der Waals surface area (Å²) in [6.45, 7) is 2.62. The van der Waals surface area contributed by atoms with Crippen molar-refractivity contribution in [1.82, 2.24) is 15.2 Å². The van der Waals surface area contributed by atoms with Crippen LogP contribution in [0.1, 0.15) is 37.4 Å². The van der Waals surface area contributed by atoms with Crippen molar-refractivity contribution in [3.8, 4) is 0 Å². The summed E-state index contributed by atoms with van der Waals surface area (Å²) in [6, 6.07) is 3.75. The molecule has 20 heavy (non-hydrogen) atoms. The summed E-state index contributed by atoms with van der Waals surface area (Å²) in [5, 5.41) is 3.19. The van der Waals surface area contributed by atoms with Gasteiger partial charge in [0.05, 0.1) is 18.2 Å². The van der Waals surface area contributed by atoms with Crippen LogP contribution in [-0.4, -0.2) is 33.8 Å². The molecule has 2 heterocycles. The van der Waals surface area contributed by atoms with Gasteiger partial charge in [0.15, 0.2) is 0 Å². The number of nitrogens with one attached hydrogen (secondary N) is 1. The topological polar surface area (TPSA) is 62.3 Å². The first-order valence-electron chi connectivity index (χ1n) is 7.22. The largest absolute Gasteiger partial charge is 0.300 e. The van der Waals surface area contributed by atoms with Gasteiger partial charge in [-0.05, 0) is 30.9 Å². The highest BCUT2D eigenvalue weighted by Crippen LogP contribution is 2.31. The fourth-order valence-electron chi connectivity index (χ4n) is 2.70. The molecule has 0 radical (unpaired) electrons. The third-order valence-electron chi connectivity index (χ3n) is 3.98. The molecule has 2 amide bonds. The molecule has 1 aromatic heterocycles. The van der Waals surface area contributed by atoms with Gasteiger partial charge in [-0.3, -0.25) is 24.8 Å². The average Bonchev–Trinajstić information content (AvgIpc) is 3.24. The first-order chi connectivity index (χ1) is 9.70. The molecule has 3 rings (SSSR count). The van der Waals surface area contributed by atoms with Crippen molar-refractivity contribution in [2.24, 2.45) is 0 Å². The monoisotopic (exact) mass is 273 g/mol. The van der Waals surface area contributed by atoms with Gasteiger partial charge in [0, 0.05) is 18.8 Å². The van der Waals surface area contributed by atoms with E-state index >= 15 is 0 Å². The Hall–Kier alpha value is -1.75. The van der Waals surface area contributed by atoms with Crippen LogP contribution in [0.5, 0.6) is 0 Å². The van der Waals surface area contributed by atoms with Crippen LogP contribution in [-0.2, 0) is 22.6 Å². The van der Waals surface area contributed by atoms with Gasteiger partial charge in [0.1, 0.15) is 0 Å². The maximum Gasteiger partial charge on any atom is 0.247 e. The Morgan fingerprint density at radius 1 is 1.40 bits per heavy atom. The molecule has 0 spiro atoms. The number of carbonyl (C=O) groups is 2. The van der Waals surface area contributed by atoms with Gasteiger partial charge in [-0.15, -0.1) is 0 Å². The number of amides is 2. The Morgan fingerprint density at radius 2 is 2.20 bits per heavy atom. The molecular formula is C15H19N3O2. The predicted octanol–water partition coefficient (Wildman–Crippen LogP) is 1.02. The second-order valence-corrected chi connectivity index (χ2v) is 5.43. The summed E-state index contributed by atoms with van der Waals surface area (Å²) in [6.07, 6.45) is 4.88. The zero-order valence-electron chi connectivity index (χ0n) is 11.6. The van der Waals surface area contributed by atoms with Crippen LogP contribution in [0.4, 0.5) is 0 Å². The fourth-order valence-corrected chi connectivity index (χ4v) is 2.70. The number of nitrogens with zero attached hydrogens (tertiary/aromatic N) is 2. The van der Waals surface area contributed by atoms with Gasteiger partial charge < -0.3 is 0 Å². The molecule has 1 aliphatic carbocycles. The van der Waals surface area contributed by atoms with Gasteiger partial charge in [0.2, 0.25) is 11.8 Å². The second-order valence-electron chi connectivity index (χ2n) is 5.43. The van der Waals surface area contributed by atoms with E-state index in [0.29, 0.717) is 6.54 Å². The lowest BCUT2D eigenvalue weighted by molar-refractivity contribution is -0.139. The summed E-state index contributed by atoms with van der Waals surface area (Å²) >= 11 is 0. The van der Waals surface area contributed by atoms with E-state index in [1.54, 1.807) is 6.20 Å². The number of aryl methyl sites for hydroxylation is 1. The molecule has 5 nitrogen and oxygen atoms in total. The number of rotatable bonds is 5. The van der Waals surface area contributed by atoms with Crippen LogP contribution in [0.3, 0.4) is 0 Å². The molecule has 1 aliphatic heterocycles. The fraction of sp³-hybridized carbons (Fsp3) is 0.533. The van der Waals surface area contributed by atoms with Crippen LogP contribution < -0.4 is 5.32 Å². The van der Waals surface area contributed by atoms with E-state index < -0.39 is 0 Å². The lowest BCUT2D eigenvalue weighted by Crippen LogP contribution is -2.39. The summed E-state index contributed by atoms with van der Waals surface area (Å²) in [5.41, 5.74) is 2.14. The SMILES string of the molecule is CCc1cccnc1CNC1CC(=O)N(C2CC2)C1=O. The molecule has 1 unspecified atom stereocenters. The first kappa shape index (κ1) is 13.2. The van der Waals surface area contributed by atoms with Gasteiger partial charge in [-0.1, -0.05) is 13.0 Å². The summed E-state index contributed by atoms with van der Waals surface area (Å²) in [4.78, 5) is 29.9. The van der Waals surface area contributed by atoms with Gasteiger partial charge in [-0.2, -0.15) is 0 Å². The third kappa shape index (κ3) is 2.45. The van der Waals surface area contributed by atoms with Crippen molar-refractivity contribution in [2.45, 2.75) is 51.2 Å². The molecule has 2 aliphatic rings. The van der Waals surface area contributed by atoms with E-state index in [1.807, 2.05) is 12.1 Å².